The predicted octanol–water partition coefficient (Wildman–Crippen LogP) is 7.15. The minimum absolute atomic E-state index is 0.00949. The smallest absolute Gasteiger partial charge is 0.490 e. The molecule has 0 saturated heterocycles. The summed E-state index contributed by atoms with van der Waals surface area (Å²) in [6.07, 6.45) is -4.73. The number of rotatable bonds is 13. The first-order chi connectivity index (χ1) is 24.9. The molecule has 4 aromatic rings. The van der Waals surface area contributed by atoms with Gasteiger partial charge in [-0.3, -0.25) is 14.9 Å². The van der Waals surface area contributed by atoms with Crippen LogP contribution in [0.25, 0.3) is 10.8 Å². The fourth-order valence-electron chi connectivity index (χ4n) is 4.84. The number of carbonyl (C=O) groups is 4. The van der Waals surface area contributed by atoms with Crippen molar-refractivity contribution < 1.29 is 56.4 Å². The van der Waals surface area contributed by atoms with Crippen LogP contribution in [0, 0.1) is 5.82 Å². The molecule has 0 fully saturated rings. The van der Waals surface area contributed by atoms with E-state index < -0.39 is 54.4 Å². The zero-order valence-corrected chi connectivity index (χ0v) is 29.6. The number of carbonyl (C=O) groups excluding carboxylic acids is 2. The Bertz CT molecular complexity index is 1950. The number of nitrogens with zero attached hydrogens (tertiary/aromatic N) is 1. The maximum absolute atomic E-state index is 15.5. The Kier molecular flexibility index (Phi) is 14.6. The van der Waals surface area contributed by atoms with Crippen LogP contribution in [0.4, 0.5) is 39.5 Å². The Morgan fingerprint density at radius 3 is 2.25 bits per heavy atom. The monoisotopic (exact) mass is 763 g/mol. The lowest BCUT2D eigenvalue weighted by Crippen LogP contribution is -2.37. The fraction of sp³-hybridized carbons (Fsp3) is 0.286. The van der Waals surface area contributed by atoms with Crippen molar-refractivity contribution in [3.05, 3.63) is 83.8 Å². The van der Waals surface area contributed by atoms with Crippen LogP contribution in [0.1, 0.15) is 50.4 Å². The van der Waals surface area contributed by atoms with Gasteiger partial charge in [0.15, 0.2) is 0 Å². The Morgan fingerprint density at radius 2 is 1.64 bits per heavy atom. The van der Waals surface area contributed by atoms with Crippen LogP contribution in [0.15, 0.2) is 71.8 Å². The number of nitrogens with one attached hydrogen (secondary N) is 3. The third-order valence-electron chi connectivity index (χ3n) is 7.08. The second kappa shape index (κ2) is 18.6. The Morgan fingerprint density at radius 1 is 0.962 bits per heavy atom. The number of halogens is 4. The number of aliphatic carboxylic acids is 2. The van der Waals surface area contributed by atoms with E-state index in [1.165, 1.54) is 37.1 Å². The Hall–Kier alpha value is -5.78. The number of hydrogen-bond acceptors (Lipinski definition) is 10. The van der Waals surface area contributed by atoms with Crippen LogP contribution in [-0.4, -0.2) is 64.3 Å². The predicted molar refractivity (Wildman–Crippen MR) is 190 cm³/mol. The molecule has 53 heavy (non-hydrogen) atoms. The normalized spacial score (nSPS) is 12.2. The number of thioether (sulfide) groups is 1. The molecule has 4 rings (SSSR count). The van der Waals surface area contributed by atoms with Crippen LogP contribution in [0.2, 0.25) is 0 Å². The van der Waals surface area contributed by atoms with Crippen molar-refractivity contribution in [1.82, 2.24) is 10.3 Å². The first-order valence-electron chi connectivity index (χ1n) is 15.7. The third-order valence-corrected chi connectivity index (χ3v) is 8.17. The summed E-state index contributed by atoms with van der Waals surface area (Å²) in [6.45, 7) is 6.05. The summed E-state index contributed by atoms with van der Waals surface area (Å²) in [5.41, 5.74) is 7.28. The summed E-state index contributed by atoms with van der Waals surface area (Å²) >= 11 is 1.46. The van der Waals surface area contributed by atoms with Gasteiger partial charge in [-0.2, -0.15) is 13.2 Å². The largest absolute Gasteiger partial charge is 0.494 e. The molecule has 0 aliphatic carbocycles. The van der Waals surface area contributed by atoms with E-state index in [9.17, 15) is 32.7 Å². The maximum Gasteiger partial charge on any atom is 0.490 e. The average molecular weight is 764 g/mol. The Labute approximate surface area is 305 Å². The number of benzene rings is 3. The van der Waals surface area contributed by atoms with E-state index in [1.54, 1.807) is 55.6 Å². The average Bonchev–Trinajstić information content (AvgIpc) is 3.08. The highest BCUT2D eigenvalue weighted by molar-refractivity contribution is 8.00. The van der Waals surface area contributed by atoms with E-state index >= 15 is 4.39 Å². The van der Waals surface area contributed by atoms with Crippen LogP contribution < -0.4 is 26.4 Å². The number of nitrogens with two attached hydrogens (primary N) is 1. The van der Waals surface area contributed by atoms with Gasteiger partial charge in [0.05, 0.1) is 26.2 Å². The van der Waals surface area contributed by atoms with E-state index in [-0.39, 0.29) is 10.8 Å². The molecule has 0 aliphatic rings. The summed E-state index contributed by atoms with van der Waals surface area (Å²) in [5.74, 6) is -4.60. The number of methoxy groups -OCH3 is 1. The van der Waals surface area contributed by atoms with Gasteiger partial charge in [-0.1, -0.05) is 13.8 Å². The molecular formula is C35H37F4N5O8S. The Balaban J connectivity index is 0.000000980. The molecule has 0 aliphatic heterocycles. The zero-order chi connectivity index (χ0) is 39.5. The van der Waals surface area contributed by atoms with Gasteiger partial charge in [0.1, 0.15) is 23.4 Å². The SMILES string of the molecule is CCOc1ccc(F)c([C@@H](Nc2ccc3c(N)nccc3c2)C(=O)NC(CC(=O)O)c2cc(NC(=O)OC)ccc2SC(C)C)c1.O=C(O)C(F)(F)F. The van der Waals surface area contributed by atoms with Crippen molar-refractivity contribution in [1.29, 1.82) is 0 Å². The van der Waals surface area contributed by atoms with Crippen LogP contribution in [0.3, 0.4) is 0 Å². The van der Waals surface area contributed by atoms with E-state index in [4.69, 9.17) is 25.1 Å². The number of nitrogen functional groups attached to an aromatic ring is 1. The summed E-state index contributed by atoms with van der Waals surface area (Å²) in [7, 11) is 1.22. The van der Waals surface area contributed by atoms with Crippen molar-refractivity contribution >= 4 is 63.7 Å². The third kappa shape index (κ3) is 12.2. The lowest BCUT2D eigenvalue weighted by Gasteiger charge is -2.26. The highest BCUT2D eigenvalue weighted by atomic mass is 32.2. The van der Waals surface area contributed by atoms with Gasteiger partial charge in [0.25, 0.3) is 0 Å². The fourth-order valence-corrected chi connectivity index (χ4v) is 5.83. The molecule has 13 nitrogen and oxygen atoms in total. The molecule has 1 aromatic heterocycles. The van der Waals surface area contributed by atoms with E-state index in [2.05, 4.69) is 20.9 Å². The molecule has 1 heterocycles. The molecule has 3 aromatic carbocycles. The van der Waals surface area contributed by atoms with Crippen LogP contribution in [-0.2, 0) is 19.1 Å². The lowest BCUT2D eigenvalue weighted by molar-refractivity contribution is -0.192. The molecular weight excluding hydrogens is 726 g/mol. The standard InChI is InChI=1S/C33H36FN5O6S.C2HF3O2/c1-5-45-22-8-10-26(34)24(16-22)30(37-20-6-9-23-19(14-20)12-13-36-31(23)35)32(42)39-27(17-29(40)41)25-15-21(38-33(43)44-4)7-11-28(25)46-18(2)3;3-2(4,5)1(6)7/h6-16,18,27,30,37H,5,17H2,1-4H3,(H2,35,36)(H,38,43)(H,39,42)(H,40,41);(H,6,7)/t27?,30-;/m1./s1. The minimum atomic E-state index is -5.08. The van der Waals surface area contributed by atoms with Crippen molar-refractivity contribution in [2.45, 2.75) is 55.6 Å². The summed E-state index contributed by atoms with van der Waals surface area (Å²) in [5, 5.41) is 27.1. The van der Waals surface area contributed by atoms with Gasteiger partial charge >= 0.3 is 24.2 Å². The summed E-state index contributed by atoms with van der Waals surface area (Å²) in [6, 6.07) is 13.7. The number of pyridine rings is 1. The molecule has 1 unspecified atom stereocenters. The van der Waals surface area contributed by atoms with Gasteiger partial charge in [-0.15, -0.1) is 11.8 Å². The second-order valence-corrected chi connectivity index (χ2v) is 12.9. The number of aromatic nitrogens is 1. The van der Waals surface area contributed by atoms with Gasteiger partial charge < -0.3 is 36.1 Å². The maximum atomic E-state index is 15.5. The zero-order valence-electron chi connectivity index (χ0n) is 28.8. The first kappa shape index (κ1) is 41.6. The number of carboxylic acids is 2. The second-order valence-electron chi connectivity index (χ2n) is 11.3. The highest BCUT2D eigenvalue weighted by Gasteiger charge is 2.38. The molecule has 284 valence electrons. The molecule has 7 N–H and O–H groups in total. The van der Waals surface area contributed by atoms with Gasteiger partial charge in [-0.05, 0) is 78.5 Å². The number of fused-ring (bicyclic) bond motifs is 1. The number of anilines is 3. The first-order valence-corrected chi connectivity index (χ1v) is 16.6. The number of alkyl halides is 3. The molecule has 2 atom stereocenters. The number of hydrogen-bond donors (Lipinski definition) is 6. The van der Waals surface area contributed by atoms with E-state index in [0.29, 0.717) is 45.4 Å². The van der Waals surface area contributed by atoms with Crippen molar-refractivity contribution in [2.24, 2.45) is 0 Å². The van der Waals surface area contributed by atoms with Crippen molar-refractivity contribution in [3.8, 4) is 5.75 Å². The van der Waals surface area contributed by atoms with Gasteiger partial charge in [-0.25, -0.2) is 19.0 Å². The molecule has 0 radical (unpaired) electrons. The van der Waals surface area contributed by atoms with Gasteiger partial charge in [0.2, 0.25) is 5.91 Å². The molecule has 18 heteroatoms. The van der Waals surface area contributed by atoms with Crippen LogP contribution in [0.5, 0.6) is 5.75 Å². The molecule has 0 saturated carbocycles. The highest BCUT2D eigenvalue weighted by Crippen LogP contribution is 2.36. The topological polar surface area (TPSA) is 202 Å². The van der Waals surface area contributed by atoms with Crippen molar-refractivity contribution in [3.63, 3.8) is 0 Å². The molecule has 0 spiro atoms. The molecule has 0 bridgehead atoms. The van der Waals surface area contributed by atoms with Gasteiger partial charge in [0, 0.05) is 38.7 Å². The van der Waals surface area contributed by atoms with Crippen molar-refractivity contribution in [2.75, 3.05) is 30.1 Å². The summed E-state index contributed by atoms with van der Waals surface area (Å²) < 4.78 is 57.5. The summed E-state index contributed by atoms with van der Waals surface area (Å²) in [4.78, 5) is 51.9. The lowest BCUT2D eigenvalue weighted by atomic mass is 9.99. The minimum Gasteiger partial charge on any atom is -0.494 e. The molecule has 2 amide bonds. The van der Waals surface area contributed by atoms with Crippen LogP contribution >= 0.6 is 11.8 Å². The van der Waals surface area contributed by atoms with E-state index in [1.807, 2.05) is 13.8 Å². The number of amides is 2. The van der Waals surface area contributed by atoms with E-state index in [0.717, 1.165) is 5.39 Å². The number of carboxylic acid groups (broad SMARTS) is 2. The quantitative estimate of drug-likeness (QED) is 0.0594. The number of ether oxygens (including phenoxy) is 2.